The fourth-order valence-electron chi connectivity index (χ4n) is 1.97. The van der Waals surface area contributed by atoms with Gasteiger partial charge in [0, 0.05) is 23.5 Å². The fraction of sp³-hybridized carbons (Fsp3) is 0.357. The van der Waals surface area contributed by atoms with E-state index >= 15 is 0 Å². The van der Waals surface area contributed by atoms with Crippen LogP contribution in [0.25, 0.3) is 11.0 Å². The maximum absolute atomic E-state index is 11.3. The van der Waals surface area contributed by atoms with Crippen LogP contribution in [0.5, 0.6) is 0 Å². The molecule has 0 aliphatic heterocycles. The third-order valence-corrected chi connectivity index (χ3v) is 3.32. The van der Waals surface area contributed by atoms with Gasteiger partial charge in [0.25, 0.3) is 0 Å². The number of benzene rings is 1. The molecule has 0 radical (unpaired) electrons. The first-order valence-corrected chi connectivity index (χ1v) is 6.09. The molecule has 0 saturated carbocycles. The summed E-state index contributed by atoms with van der Waals surface area (Å²) in [5, 5.41) is 19.2. The van der Waals surface area contributed by atoms with E-state index in [-0.39, 0.29) is 18.4 Å². The van der Waals surface area contributed by atoms with Crippen LogP contribution in [-0.4, -0.2) is 40.8 Å². The highest BCUT2D eigenvalue weighted by Crippen LogP contribution is 2.27. The van der Waals surface area contributed by atoms with E-state index in [2.05, 4.69) is 0 Å². The number of rotatable bonds is 5. The van der Waals surface area contributed by atoms with Crippen molar-refractivity contribution in [1.29, 1.82) is 0 Å². The van der Waals surface area contributed by atoms with Gasteiger partial charge in [0.05, 0.1) is 6.61 Å². The molecule has 1 aromatic heterocycles. The Morgan fingerprint density at radius 3 is 2.74 bits per heavy atom. The fourth-order valence-corrected chi connectivity index (χ4v) is 1.97. The Morgan fingerprint density at radius 2 is 2.11 bits per heavy atom. The molecule has 1 heterocycles. The van der Waals surface area contributed by atoms with Crippen LogP contribution in [0.1, 0.15) is 23.0 Å². The van der Waals surface area contributed by atoms with E-state index in [0.717, 1.165) is 5.39 Å². The van der Waals surface area contributed by atoms with E-state index in [1.54, 1.807) is 12.1 Å². The number of aliphatic hydroxyl groups is 1. The Balaban J connectivity index is 2.45. The second-order valence-electron chi connectivity index (χ2n) is 4.66. The molecule has 0 spiro atoms. The van der Waals surface area contributed by atoms with E-state index < -0.39 is 5.97 Å². The van der Waals surface area contributed by atoms with Gasteiger partial charge in [0.1, 0.15) is 5.58 Å². The van der Waals surface area contributed by atoms with E-state index in [1.807, 2.05) is 31.0 Å². The second kappa shape index (κ2) is 5.42. The van der Waals surface area contributed by atoms with Crippen molar-refractivity contribution >= 4 is 16.9 Å². The van der Waals surface area contributed by atoms with Crippen LogP contribution in [0, 0.1) is 0 Å². The van der Waals surface area contributed by atoms with Crippen LogP contribution in [-0.2, 0) is 6.54 Å². The van der Waals surface area contributed by atoms with Gasteiger partial charge in [-0.3, -0.25) is 4.90 Å². The van der Waals surface area contributed by atoms with Gasteiger partial charge in [-0.2, -0.15) is 0 Å². The third-order valence-electron chi connectivity index (χ3n) is 3.32. The van der Waals surface area contributed by atoms with Gasteiger partial charge in [-0.25, -0.2) is 4.79 Å². The predicted octanol–water partition coefficient (Wildman–Crippen LogP) is 1.94. The first-order chi connectivity index (χ1) is 9.04. The van der Waals surface area contributed by atoms with Crippen LogP contribution < -0.4 is 0 Å². The second-order valence-corrected chi connectivity index (χ2v) is 4.66. The van der Waals surface area contributed by atoms with Gasteiger partial charge >= 0.3 is 5.97 Å². The molecular formula is C14H17NO4. The lowest BCUT2D eigenvalue weighted by Crippen LogP contribution is -2.31. The Labute approximate surface area is 111 Å². The lowest BCUT2D eigenvalue weighted by Gasteiger charge is -2.22. The maximum atomic E-state index is 11.3. The molecule has 5 heteroatoms. The molecule has 102 valence electrons. The summed E-state index contributed by atoms with van der Waals surface area (Å²) in [7, 11) is 1.84. The number of carboxylic acids is 1. The van der Waals surface area contributed by atoms with Crippen molar-refractivity contribution in [2.45, 2.75) is 19.5 Å². The first kappa shape index (κ1) is 13.6. The van der Waals surface area contributed by atoms with Gasteiger partial charge in [-0.05, 0) is 20.0 Å². The molecule has 5 nitrogen and oxygen atoms in total. The summed E-state index contributed by atoms with van der Waals surface area (Å²) in [6, 6.07) is 7.21. The molecule has 1 unspecified atom stereocenters. The number of hydrogen-bond acceptors (Lipinski definition) is 4. The summed E-state index contributed by atoms with van der Waals surface area (Å²) in [5.74, 6) is -1.10. The Morgan fingerprint density at radius 1 is 1.42 bits per heavy atom. The van der Waals surface area contributed by atoms with E-state index in [1.165, 1.54) is 0 Å². The molecule has 0 saturated heterocycles. The zero-order valence-electron chi connectivity index (χ0n) is 11.0. The number of carboxylic acid groups (broad SMARTS) is 1. The summed E-state index contributed by atoms with van der Waals surface area (Å²) in [6.07, 6.45) is 0. The van der Waals surface area contributed by atoms with Crippen LogP contribution >= 0.6 is 0 Å². The molecule has 1 atom stereocenters. The molecule has 0 amide bonds. The van der Waals surface area contributed by atoms with Gasteiger partial charge in [-0.1, -0.05) is 18.2 Å². The highest BCUT2D eigenvalue weighted by atomic mass is 16.4. The SMILES string of the molecule is CC(CO)N(C)Cc1c(C(=O)O)oc2ccccc12. The number of nitrogens with zero attached hydrogens (tertiary/aromatic N) is 1. The summed E-state index contributed by atoms with van der Waals surface area (Å²) < 4.78 is 5.39. The van der Waals surface area contributed by atoms with E-state index in [4.69, 9.17) is 9.52 Å². The van der Waals surface area contributed by atoms with Crippen molar-refractivity contribution in [2.24, 2.45) is 0 Å². The average molecular weight is 263 g/mol. The molecule has 0 fully saturated rings. The molecule has 19 heavy (non-hydrogen) atoms. The summed E-state index contributed by atoms with van der Waals surface area (Å²) in [6.45, 7) is 2.32. The quantitative estimate of drug-likeness (QED) is 0.862. The standard InChI is InChI=1S/C14H17NO4/c1-9(8-16)15(2)7-11-10-5-3-4-6-12(10)19-13(11)14(17)18/h3-6,9,16H,7-8H2,1-2H3,(H,17,18). The molecule has 0 aliphatic rings. The minimum Gasteiger partial charge on any atom is -0.475 e. The number of aliphatic hydroxyl groups excluding tert-OH is 1. The number of carbonyl (C=O) groups is 1. The molecule has 0 aliphatic carbocycles. The Bertz CT molecular complexity index is 590. The van der Waals surface area contributed by atoms with Crippen molar-refractivity contribution in [2.75, 3.05) is 13.7 Å². The molecule has 1 aromatic carbocycles. The number of para-hydroxylation sites is 1. The number of fused-ring (bicyclic) bond motifs is 1. The number of furan rings is 1. The van der Waals surface area contributed by atoms with Gasteiger partial charge < -0.3 is 14.6 Å². The molecular weight excluding hydrogens is 246 g/mol. The summed E-state index contributed by atoms with van der Waals surface area (Å²) in [4.78, 5) is 13.1. The van der Waals surface area contributed by atoms with Crippen LogP contribution in [0.4, 0.5) is 0 Å². The van der Waals surface area contributed by atoms with E-state index in [9.17, 15) is 9.90 Å². The first-order valence-electron chi connectivity index (χ1n) is 6.09. The van der Waals surface area contributed by atoms with E-state index in [0.29, 0.717) is 17.7 Å². The molecule has 2 N–H and O–H groups in total. The van der Waals surface area contributed by atoms with Gasteiger partial charge in [0.15, 0.2) is 0 Å². The van der Waals surface area contributed by atoms with Crippen molar-refractivity contribution < 1.29 is 19.4 Å². The normalized spacial score (nSPS) is 13.1. The highest BCUT2D eigenvalue weighted by Gasteiger charge is 2.21. The van der Waals surface area contributed by atoms with Crippen LogP contribution in [0.3, 0.4) is 0 Å². The zero-order valence-corrected chi connectivity index (χ0v) is 11.0. The third kappa shape index (κ3) is 2.62. The number of likely N-dealkylation sites (N-methyl/N-ethyl adjacent to an activating group) is 1. The van der Waals surface area contributed by atoms with Crippen molar-refractivity contribution in [3.05, 3.63) is 35.6 Å². The lowest BCUT2D eigenvalue weighted by molar-refractivity contribution is 0.0660. The summed E-state index contributed by atoms with van der Waals surface area (Å²) >= 11 is 0. The topological polar surface area (TPSA) is 73.9 Å². The molecule has 2 rings (SSSR count). The van der Waals surface area contributed by atoms with Crippen molar-refractivity contribution in [3.63, 3.8) is 0 Å². The molecule has 0 bridgehead atoms. The number of hydrogen-bond donors (Lipinski definition) is 2. The highest BCUT2D eigenvalue weighted by molar-refractivity contribution is 5.95. The van der Waals surface area contributed by atoms with Crippen molar-refractivity contribution in [3.8, 4) is 0 Å². The smallest absolute Gasteiger partial charge is 0.372 e. The Hall–Kier alpha value is -1.85. The van der Waals surface area contributed by atoms with Crippen LogP contribution in [0.2, 0.25) is 0 Å². The monoisotopic (exact) mass is 263 g/mol. The summed E-state index contributed by atoms with van der Waals surface area (Å²) in [5.41, 5.74) is 1.21. The maximum Gasteiger partial charge on any atom is 0.372 e. The minimum absolute atomic E-state index is 0.0225. The molecule has 2 aromatic rings. The predicted molar refractivity (Wildman–Crippen MR) is 71.2 cm³/mol. The average Bonchev–Trinajstić information content (AvgIpc) is 2.77. The lowest BCUT2D eigenvalue weighted by atomic mass is 10.1. The number of aromatic carboxylic acids is 1. The minimum atomic E-state index is -1.07. The largest absolute Gasteiger partial charge is 0.475 e. The van der Waals surface area contributed by atoms with Crippen molar-refractivity contribution in [1.82, 2.24) is 4.90 Å². The van der Waals surface area contributed by atoms with Crippen LogP contribution in [0.15, 0.2) is 28.7 Å². The zero-order chi connectivity index (χ0) is 14.0. The van der Waals surface area contributed by atoms with Gasteiger partial charge in [-0.15, -0.1) is 0 Å². The van der Waals surface area contributed by atoms with Gasteiger partial charge in [0.2, 0.25) is 5.76 Å². The Kier molecular flexibility index (Phi) is 3.87.